The number of carbonyl (C=O) groups excluding carboxylic acids is 2. The molecule has 6 aromatic carbocycles. The minimum Gasteiger partial charge on any atom is -0.504 e. The number of amides is 2. The van der Waals surface area contributed by atoms with Crippen molar-refractivity contribution in [1.82, 2.24) is 10.6 Å². The lowest BCUT2D eigenvalue weighted by molar-refractivity contribution is 0.0941. The van der Waals surface area contributed by atoms with Gasteiger partial charge in [-0.1, -0.05) is 74.5 Å². The van der Waals surface area contributed by atoms with Crippen LogP contribution in [0.4, 0.5) is 0 Å². The molecule has 0 saturated heterocycles. The molecule has 0 radical (unpaired) electrons. The van der Waals surface area contributed by atoms with E-state index in [-0.39, 0.29) is 36.1 Å². The van der Waals surface area contributed by atoms with Crippen LogP contribution in [-0.4, -0.2) is 59.5 Å². The van der Waals surface area contributed by atoms with Crippen LogP contribution in [0.15, 0.2) is 84.9 Å². The molecule has 10 heteroatoms. The molecular formula is C44H44N2O8. The normalized spacial score (nSPS) is 12.3. The molecule has 0 spiro atoms. The van der Waals surface area contributed by atoms with Gasteiger partial charge in [-0.3, -0.25) is 9.59 Å². The summed E-state index contributed by atoms with van der Waals surface area (Å²) in [5.74, 6) is -2.69. The fourth-order valence-corrected chi connectivity index (χ4v) is 7.20. The molecule has 10 nitrogen and oxygen atoms in total. The van der Waals surface area contributed by atoms with Crippen molar-refractivity contribution in [3.8, 4) is 45.6 Å². The molecule has 0 aliphatic carbocycles. The smallest absolute Gasteiger partial charge is 0.255 e. The Bertz CT molecular complexity index is 2220. The number of aryl methyl sites for hydroxylation is 2. The molecule has 0 heterocycles. The first-order chi connectivity index (χ1) is 25.9. The summed E-state index contributed by atoms with van der Waals surface area (Å²) in [4.78, 5) is 27.4. The third-order valence-corrected chi connectivity index (χ3v) is 10.1. The molecule has 278 valence electrons. The summed E-state index contributed by atoms with van der Waals surface area (Å²) in [5, 5.41) is 51.2. The van der Waals surface area contributed by atoms with Crippen LogP contribution >= 0.6 is 0 Å². The standard InChI is InChI=1S/C44H44N2O8/c1-23-17-29-31(19-33(47)39(49)37(29)43(51)45-21-25(3)27-13-9-7-10-14-27)41(53-5)35(23)36-24(2)18-30-32(42(36)54-6)20-34(48)40(50)38(30)44(52)46-22-26(4)28-15-11-8-12-16-28/h7-20,25-26,47-50H,21-22H2,1-6H3,(H,45,51)(H,46,52)/t25-,26+. The van der Waals surface area contributed by atoms with Gasteiger partial charge in [0, 0.05) is 45.8 Å². The first-order valence-corrected chi connectivity index (χ1v) is 17.7. The highest BCUT2D eigenvalue weighted by molar-refractivity contribution is 6.16. The molecule has 0 aliphatic heterocycles. The summed E-state index contributed by atoms with van der Waals surface area (Å²) in [6.45, 7) is 8.19. The predicted molar refractivity (Wildman–Crippen MR) is 211 cm³/mol. The number of ether oxygens (including phenoxy) is 2. The highest BCUT2D eigenvalue weighted by Gasteiger charge is 2.29. The number of aromatic hydroxyl groups is 4. The van der Waals surface area contributed by atoms with E-state index in [1.165, 1.54) is 26.4 Å². The van der Waals surface area contributed by atoms with E-state index in [9.17, 15) is 30.0 Å². The Morgan fingerprint density at radius 2 is 0.926 bits per heavy atom. The SMILES string of the molecule is COc1c(-c2c(C)cc3c(C(=O)NC[C@H](C)c4ccccc4)c(O)c(O)cc3c2OC)c(C)cc2c(C(=O)NC[C@@H](C)c3ccccc3)c(O)c(O)cc12. The van der Waals surface area contributed by atoms with Crippen molar-refractivity contribution in [3.05, 3.63) is 118 Å². The third kappa shape index (κ3) is 6.78. The molecule has 6 aromatic rings. The fraction of sp³-hybridized carbons (Fsp3) is 0.227. The summed E-state index contributed by atoms with van der Waals surface area (Å²) < 4.78 is 12.0. The first-order valence-electron chi connectivity index (χ1n) is 17.7. The molecule has 0 fully saturated rings. The van der Waals surface area contributed by atoms with Gasteiger partial charge in [0.2, 0.25) is 0 Å². The molecule has 2 atom stereocenters. The highest BCUT2D eigenvalue weighted by Crippen LogP contribution is 2.51. The van der Waals surface area contributed by atoms with Crippen molar-refractivity contribution in [1.29, 1.82) is 0 Å². The number of fused-ring (bicyclic) bond motifs is 2. The van der Waals surface area contributed by atoms with E-state index in [1.54, 1.807) is 12.1 Å². The second-order valence-corrected chi connectivity index (χ2v) is 13.7. The van der Waals surface area contributed by atoms with Crippen LogP contribution < -0.4 is 20.1 Å². The van der Waals surface area contributed by atoms with Gasteiger partial charge in [0.05, 0.1) is 25.3 Å². The Morgan fingerprint density at radius 1 is 0.574 bits per heavy atom. The number of phenols is 4. The number of phenolic OH excluding ortho intramolecular Hbond substituents is 4. The molecule has 6 N–H and O–H groups in total. The van der Waals surface area contributed by atoms with Crippen molar-refractivity contribution in [2.24, 2.45) is 0 Å². The lowest BCUT2D eigenvalue weighted by Crippen LogP contribution is -2.28. The highest BCUT2D eigenvalue weighted by atomic mass is 16.5. The van der Waals surface area contributed by atoms with Crippen molar-refractivity contribution < 1.29 is 39.5 Å². The minimum atomic E-state index is -0.566. The number of hydrogen-bond donors (Lipinski definition) is 6. The Labute approximate surface area is 313 Å². The van der Waals surface area contributed by atoms with Gasteiger partial charge in [0.15, 0.2) is 23.0 Å². The van der Waals surface area contributed by atoms with Gasteiger partial charge in [-0.15, -0.1) is 0 Å². The van der Waals surface area contributed by atoms with Gasteiger partial charge in [-0.25, -0.2) is 0 Å². The van der Waals surface area contributed by atoms with E-state index in [1.807, 2.05) is 88.4 Å². The second kappa shape index (κ2) is 15.3. The zero-order chi connectivity index (χ0) is 38.8. The number of hydrogen-bond acceptors (Lipinski definition) is 8. The Kier molecular flexibility index (Phi) is 10.6. The van der Waals surface area contributed by atoms with Crippen LogP contribution in [0.2, 0.25) is 0 Å². The Morgan fingerprint density at radius 3 is 1.26 bits per heavy atom. The maximum Gasteiger partial charge on any atom is 0.255 e. The van der Waals surface area contributed by atoms with Gasteiger partial charge in [0.25, 0.3) is 11.8 Å². The van der Waals surface area contributed by atoms with Gasteiger partial charge in [0.1, 0.15) is 11.5 Å². The van der Waals surface area contributed by atoms with E-state index < -0.39 is 34.8 Å². The summed E-state index contributed by atoms with van der Waals surface area (Å²) >= 11 is 0. The zero-order valence-corrected chi connectivity index (χ0v) is 31.1. The van der Waals surface area contributed by atoms with Gasteiger partial charge < -0.3 is 40.5 Å². The van der Waals surface area contributed by atoms with Gasteiger partial charge in [-0.05, 0) is 72.2 Å². The molecule has 54 heavy (non-hydrogen) atoms. The maximum atomic E-state index is 13.7. The third-order valence-electron chi connectivity index (χ3n) is 10.1. The average Bonchev–Trinajstić information content (AvgIpc) is 3.17. The van der Waals surface area contributed by atoms with Gasteiger partial charge in [-0.2, -0.15) is 0 Å². The van der Waals surface area contributed by atoms with Crippen LogP contribution in [-0.2, 0) is 0 Å². The fourth-order valence-electron chi connectivity index (χ4n) is 7.20. The number of benzene rings is 6. The van der Waals surface area contributed by atoms with E-state index in [2.05, 4.69) is 10.6 Å². The molecule has 0 aromatic heterocycles. The number of carbonyl (C=O) groups is 2. The summed E-state index contributed by atoms with van der Waals surface area (Å²) in [7, 11) is 2.93. The lowest BCUT2D eigenvalue weighted by atomic mass is 9.87. The van der Waals surface area contributed by atoms with E-state index in [0.29, 0.717) is 55.3 Å². The summed E-state index contributed by atoms with van der Waals surface area (Å²) in [6.07, 6.45) is 0. The van der Waals surface area contributed by atoms with Crippen molar-refractivity contribution in [3.63, 3.8) is 0 Å². The minimum absolute atomic E-state index is 0.0159. The topological polar surface area (TPSA) is 158 Å². The molecule has 2 amide bonds. The molecule has 6 rings (SSSR count). The van der Waals surface area contributed by atoms with Crippen LogP contribution in [0.3, 0.4) is 0 Å². The number of methoxy groups -OCH3 is 2. The number of rotatable bonds is 11. The molecule has 0 saturated carbocycles. The second-order valence-electron chi connectivity index (χ2n) is 13.7. The molecule has 0 unspecified atom stereocenters. The lowest BCUT2D eigenvalue weighted by Gasteiger charge is -2.23. The van der Waals surface area contributed by atoms with E-state index in [4.69, 9.17) is 9.47 Å². The van der Waals surface area contributed by atoms with Crippen molar-refractivity contribution in [2.45, 2.75) is 39.5 Å². The monoisotopic (exact) mass is 728 g/mol. The van der Waals surface area contributed by atoms with Crippen molar-refractivity contribution in [2.75, 3.05) is 27.3 Å². The Balaban J connectivity index is 1.46. The van der Waals surface area contributed by atoms with E-state index in [0.717, 1.165) is 11.1 Å². The van der Waals surface area contributed by atoms with Crippen LogP contribution in [0.5, 0.6) is 34.5 Å². The maximum absolute atomic E-state index is 13.7. The van der Waals surface area contributed by atoms with Crippen LogP contribution in [0.1, 0.15) is 68.7 Å². The summed E-state index contributed by atoms with van der Waals surface area (Å²) in [6, 6.07) is 25.6. The van der Waals surface area contributed by atoms with Crippen molar-refractivity contribution >= 4 is 33.4 Å². The molecule has 0 aliphatic rings. The number of nitrogens with one attached hydrogen (secondary N) is 2. The quantitative estimate of drug-likeness (QED) is 0.0730. The predicted octanol–water partition coefficient (Wildman–Crippen LogP) is 8.18. The zero-order valence-electron chi connectivity index (χ0n) is 31.1. The van der Waals surface area contributed by atoms with Crippen LogP contribution in [0.25, 0.3) is 32.7 Å². The van der Waals surface area contributed by atoms with Gasteiger partial charge >= 0.3 is 0 Å². The molecule has 0 bridgehead atoms. The van der Waals surface area contributed by atoms with Crippen LogP contribution in [0, 0.1) is 13.8 Å². The first kappa shape index (κ1) is 37.3. The molecular weight excluding hydrogens is 684 g/mol. The average molecular weight is 729 g/mol. The Hall–Kier alpha value is -6.42. The largest absolute Gasteiger partial charge is 0.504 e. The van der Waals surface area contributed by atoms with E-state index >= 15 is 0 Å². The summed E-state index contributed by atoms with van der Waals surface area (Å²) in [5.41, 5.74) is 4.30.